The summed E-state index contributed by atoms with van der Waals surface area (Å²) in [6.07, 6.45) is 1.48. The normalized spacial score (nSPS) is 12.7. The number of hydrogen-bond donors (Lipinski definition) is 1. The average molecular weight is 496 g/mol. The number of fused-ring (bicyclic) bond motifs is 2. The molecule has 1 aliphatic heterocycles. The summed E-state index contributed by atoms with van der Waals surface area (Å²) < 4.78 is 23.2. The summed E-state index contributed by atoms with van der Waals surface area (Å²) in [5.41, 5.74) is 3.72. The molecule has 2 aromatic carbocycles. The van der Waals surface area contributed by atoms with Crippen molar-refractivity contribution >= 4 is 55.0 Å². The lowest BCUT2D eigenvalue weighted by molar-refractivity contribution is 0.0929. The van der Waals surface area contributed by atoms with Crippen LogP contribution in [0.15, 0.2) is 48.8 Å². The second kappa shape index (κ2) is 7.24. The summed E-state index contributed by atoms with van der Waals surface area (Å²) in [6, 6.07) is 8.84. The van der Waals surface area contributed by atoms with Crippen molar-refractivity contribution in [3.05, 3.63) is 50.6 Å². The zero-order valence-corrected chi connectivity index (χ0v) is 17.1. The molecule has 27 heavy (non-hydrogen) atoms. The smallest absolute Gasteiger partial charge is 0.307 e. The van der Waals surface area contributed by atoms with Gasteiger partial charge in [-0.1, -0.05) is 15.9 Å². The highest BCUT2D eigenvalue weighted by molar-refractivity contribution is 9.11. The van der Waals surface area contributed by atoms with Gasteiger partial charge in [-0.25, -0.2) is 5.43 Å². The summed E-state index contributed by atoms with van der Waals surface area (Å²) in [7, 11) is 1.54. The molecule has 0 spiro atoms. The Kier molecular flexibility index (Phi) is 4.79. The molecular weight excluding hydrogens is 484 g/mol. The summed E-state index contributed by atoms with van der Waals surface area (Å²) >= 11 is 6.82. The van der Waals surface area contributed by atoms with Crippen molar-refractivity contribution in [3.8, 4) is 17.2 Å². The fourth-order valence-electron chi connectivity index (χ4n) is 2.63. The molecule has 1 aliphatic rings. The van der Waals surface area contributed by atoms with Crippen LogP contribution in [0.2, 0.25) is 0 Å². The van der Waals surface area contributed by atoms with Gasteiger partial charge in [0.15, 0.2) is 17.3 Å². The van der Waals surface area contributed by atoms with Crippen LogP contribution in [-0.4, -0.2) is 26.0 Å². The van der Waals surface area contributed by atoms with E-state index >= 15 is 0 Å². The molecule has 0 atom stereocenters. The van der Waals surface area contributed by atoms with Crippen LogP contribution < -0.4 is 19.6 Å². The quantitative estimate of drug-likeness (QED) is 0.427. The maximum atomic E-state index is 12.3. The monoisotopic (exact) mass is 494 g/mol. The van der Waals surface area contributed by atoms with E-state index in [1.54, 1.807) is 18.2 Å². The summed E-state index contributed by atoms with van der Waals surface area (Å²) in [4.78, 5) is 12.3. The van der Waals surface area contributed by atoms with Gasteiger partial charge in [0.1, 0.15) is 5.58 Å². The third-order valence-corrected chi connectivity index (χ3v) is 4.87. The van der Waals surface area contributed by atoms with E-state index < -0.39 is 5.91 Å². The molecule has 2 heterocycles. The number of hydrazone groups is 1. The van der Waals surface area contributed by atoms with Crippen LogP contribution in [0.4, 0.5) is 0 Å². The minimum atomic E-state index is -0.460. The molecule has 0 aliphatic carbocycles. The van der Waals surface area contributed by atoms with Gasteiger partial charge in [0.25, 0.3) is 0 Å². The van der Waals surface area contributed by atoms with Gasteiger partial charge >= 0.3 is 5.91 Å². The van der Waals surface area contributed by atoms with Crippen molar-refractivity contribution in [1.82, 2.24) is 5.43 Å². The third kappa shape index (κ3) is 3.52. The molecule has 0 fully saturated rings. The van der Waals surface area contributed by atoms with Crippen LogP contribution in [0.3, 0.4) is 0 Å². The Morgan fingerprint density at radius 3 is 2.89 bits per heavy atom. The first-order valence-electron chi connectivity index (χ1n) is 7.75. The first-order chi connectivity index (χ1) is 13.0. The van der Waals surface area contributed by atoms with Gasteiger partial charge in [-0.15, -0.1) is 0 Å². The number of halogens is 2. The number of furan rings is 1. The van der Waals surface area contributed by atoms with E-state index in [9.17, 15) is 4.79 Å². The van der Waals surface area contributed by atoms with Crippen LogP contribution in [0.25, 0.3) is 11.0 Å². The highest BCUT2D eigenvalue weighted by Gasteiger charge is 2.19. The van der Waals surface area contributed by atoms with E-state index in [-0.39, 0.29) is 12.6 Å². The second-order valence-electron chi connectivity index (χ2n) is 5.57. The molecular formula is C18H12Br2N2O5. The maximum Gasteiger partial charge on any atom is 0.307 e. The lowest BCUT2D eigenvalue weighted by Gasteiger charge is -2.05. The lowest BCUT2D eigenvalue weighted by Crippen LogP contribution is -2.16. The van der Waals surface area contributed by atoms with Gasteiger partial charge in [-0.2, -0.15) is 5.10 Å². The first kappa shape index (κ1) is 17.9. The van der Waals surface area contributed by atoms with Crippen molar-refractivity contribution in [3.63, 3.8) is 0 Å². The predicted molar refractivity (Wildman–Crippen MR) is 106 cm³/mol. The number of benzene rings is 2. The number of nitrogens with one attached hydrogen (secondary N) is 1. The predicted octanol–water partition coefficient (Wildman–Crippen LogP) is 4.46. The third-order valence-electron chi connectivity index (χ3n) is 3.82. The van der Waals surface area contributed by atoms with E-state index in [0.717, 1.165) is 14.3 Å². The number of methoxy groups -OCH3 is 1. The van der Waals surface area contributed by atoms with E-state index in [0.29, 0.717) is 28.4 Å². The van der Waals surface area contributed by atoms with Crippen LogP contribution >= 0.6 is 31.9 Å². The van der Waals surface area contributed by atoms with Gasteiger partial charge in [-0.3, -0.25) is 4.79 Å². The number of hydrogen-bond acceptors (Lipinski definition) is 6. The average Bonchev–Trinajstić information content (AvgIpc) is 3.27. The molecule has 4 rings (SSSR count). The molecule has 138 valence electrons. The zero-order valence-electron chi connectivity index (χ0n) is 13.9. The van der Waals surface area contributed by atoms with E-state index in [2.05, 4.69) is 42.4 Å². The first-order valence-corrected chi connectivity index (χ1v) is 9.33. The van der Waals surface area contributed by atoms with Crippen LogP contribution in [0.1, 0.15) is 16.1 Å². The molecule has 0 unspecified atom stereocenters. The number of carbonyl (C=O) groups excluding carboxylic acids is 1. The fraction of sp³-hybridized carbons (Fsp3) is 0.111. The van der Waals surface area contributed by atoms with E-state index in [1.807, 2.05) is 12.1 Å². The highest BCUT2D eigenvalue weighted by Crippen LogP contribution is 2.41. The molecule has 0 saturated heterocycles. The van der Waals surface area contributed by atoms with Crippen LogP contribution in [-0.2, 0) is 0 Å². The Balaban J connectivity index is 1.52. The number of rotatable bonds is 4. The molecule has 1 N–H and O–H groups in total. The Morgan fingerprint density at radius 2 is 2.07 bits per heavy atom. The van der Waals surface area contributed by atoms with E-state index in [1.165, 1.54) is 13.3 Å². The molecule has 3 aromatic rings. The molecule has 0 bridgehead atoms. The largest absolute Gasteiger partial charge is 0.493 e. The summed E-state index contributed by atoms with van der Waals surface area (Å²) in [5.74, 6) is 1.35. The van der Waals surface area contributed by atoms with Crippen molar-refractivity contribution in [2.24, 2.45) is 5.10 Å². The Labute approximate surface area is 170 Å². The Morgan fingerprint density at radius 1 is 1.22 bits per heavy atom. The minimum Gasteiger partial charge on any atom is -0.493 e. The fourth-order valence-corrected chi connectivity index (χ4v) is 3.97. The van der Waals surface area contributed by atoms with Gasteiger partial charge in [-0.05, 0) is 46.3 Å². The summed E-state index contributed by atoms with van der Waals surface area (Å²) in [6.45, 7) is 0.140. The molecule has 9 heteroatoms. The van der Waals surface area contributed by atoms with Gasteiger partial charge in [0.05, 0.1) is 17.8 Å². The SMILES string of the molecule is COc1cc(/C=N\NC(=O)c2cc3cc(Br)cc(Br)c3o2)cc2c1OCO2. The molecule has 1 amide bonds. The number of ether oxygens (including phenoxy) is 3. The topological polar surface area (TPSA) is 82.3 Å². The van der Waals surface area contributed by atoms with Crippen molar-refractivity contribution in [2.45, 2.75) is 0 Å². The second-order valence-corrected chi connectivity index (χ2v) is 7.34. The molecule has 0 saturated carbocycles. The zero-order chi connectivity index (χ0) is 19.0. The standard InChI is InChI=1S/C18H12Br2N2O5/c1-24-13-2-9(3-14-17(13)26-8-25-14)7-21-22-18(23)15-5-10-4-11(19)6-12(20)16(10)27-15/h2-7H,8H2,1H3,(H,22,23)/b21-7-. The van der Waals surface area contributed by atoms with Crippen molar-refractivity contribution < 1.29 is 23.4 Å². The lowest BCUT2D eigenvalue weighted by atomic mass is 10.2. The Bertz CT molecular complexity index is 1080. The van der Waals surface area contributed by atoms with E-state index in [4.69, 9.17) is 18.6 Å². The Hall–Kier alpha value is -2.52. The van der Waals surface area contributed by atoms with Crippen LogP contribution in [0, 0.1) is 0 Å². The van der Waals surface area contributed by atoms with Crippen molar-refractivity contribution in [2.75, 3.05) is 13.9 Å². The molecule has 7 nitrogen and oxygen atoms in total. The number of amides is 1. The highest BCUT2D eigenvalue weighted by atomic mass is 79.9. The molecule has 0 radical (unpaired) electrons. The molecule has 1 aromatic heterocycles. The van der Waals surface area contributed by atoms with Gasteiger partial charge in [0, 0.05) is 15.4 Å². The number of carbonyl (C=O) groups is 1. The van der Waals surface area contributed by atoms with Gasteiger partial charge in [0.2, 0.25) is 12.5 Å². The maximum absolute atomic E-state index is 12.3. The van der Waals surface area contributed by atoms with Crippen LogP contribution in [0.5, 0.6) is 17.2 Å². The minimum absolute atomic E-state index is 0.140. The van der Waals surface area contributed by atoms with Crippen molar-refractivity contribution in [1.29, 1.82) is 0 Å². The van der Waals surface area contributed by atoms with Gasteiger partial charge < -0.3 is 18.6 Å². The summed E-state index contributed by atoms with van der Waals surface area (Å²) in [5, 5.41) is 4.77. The number of nitrogens with zero attached hydrogens (tertiary/aromatic N) is 1.